The number of piperidine rings is 1. The maximum Gasteiger partial charge on any atom is 0.299 e. The molecule has 9 heteroatoms. The molecule has 1 aliphatic heterocycles. The molecule has 1 aliphatic rings. The lowest BCUT2D eigenvalue weighted by Gasteiger charge is -2.32. The summed E-state index contributed by atoms with van der Waals surface area (Å²) >= 11 is 0. The molecule has 0 bridgehead atoms. The molecule has 1 amide bonds. The first kappa shape index (κ1) is 20.2. The van der Waals surface area contributed by atoms with E-state index in [0.717, 1.165) is 19.4 Å². The summed E-state index contributed by atoms with van der Waals surface area (Å²) in [4.78, 5) is 44.9. The third-order valence-corrected chi connectivity index (χ3v) is 5.88. The molecular weight excluding hydrogens is 408 g/mol. The van der Waals surface area contributed by atoms with Gasteiger partial charge in [-0.05, 0) is 43.0 Å². The fourth-order valence-electron chi connectivity index (χ4n) is 4.22. The number of nitrogens with zero attached hydrogens (tertiary/aromatic N) is 5. The summed E-state index contributed by atoms with van der Waals surface area (Å²) in [7, 11) is 1.74. The minimum absolute atomic E-state index is 0.0203. The minimum Gasteiger partial charge on any atom is -0.422 e. The summed E-state index contributed by atoms with van der Waals surface area (Å²) in [6.07, 6.45) is 4.05. The molecule has 4 aromatic rings. The number of hydrogen-bond acceptors (Lipinski definition) is 7. The van der Waals surface area contributed by atoms with Gasteiger partial charge in [-0.3, -0.25) is 9.59 Å². The van der Waals surface area contributed by atoms with Crippen molar-refractivity contribution in [1.82, 2.24) is 24.8 Å². The fourth-order valence-corrected chi connectivity index (χ4v) is 4.22. The molecule has 1 saturated heterocycles. The lowest BCUT2D eigenvalue weighted by molar-refractivity contribution is -0.131. The second kappa shape index (κ2) is 8.41. The molecule has 164 valence electrons. The molecule has 9 nitrogen and oxygen atoms in total. The Labute approximate surface area is 184 Å². The second-order valence-corrected chi connectivity index (χ2v) is 8.26. The van der Waals surface area contributed by atoms with Crippen molar-refractivity contribution >= 4 is 34.1 Å². The van der Waals surface area contributed by atoms with Crippen LogP contribution in [0.2, 0.25) is 0 Å². The van der Waals surface area contributed by atoms with Gasteiger partial charge in [-0.25, -0.2) is 9.97 Å². The molecule has 1 N–H and O–H groups in total. The fraction of sp³-hybridized carbons (Fsp3) is 0.348. The first-order valence-electron chi connectivity index (χ1n) is 10.8. The number of carbonyl (C=O) groups is 1. The van der Waals surface area contributed by atoms with Crippen LogP contribution in [-0.4, -0.2) is 50.9 Å². The van der Waals surface area contributed by atoms with Crippen molar-refractivity contribution in [2.45, 2.75) is 25.8 Å². The maximum atomic E-state index is 12.9. The number of para-hydroxylation sites is 1. The van der Waals surface area contributed by atoms with Crippen molar-refractivity contribution < 1.29 is 9.21 Å². The van der Waals surface area contributed by atoms with Gasteiger partial charge in [-0.1, -0.05) is 12.1 Å². The normalized spacial score (nSPS) is 16.5. The molecule has 1 unspecified atom stereocenters. The Kier molecular flexibility index (Phi) is 5.30. The predicted molar refractivity (Wildman–Crippen MR) is 120 cm³/mol. The number of anilines is 1. The highest BCUT2D eigenvalue weighted by atomic mass is 16.4. The van der Waals surface area contributed by atoms with E-state index in [-0.39, 0.29) is 23.9 Å². The number of carbonyl (C=O) groups excluding carboxylic acids is 1. The van der Waals surface area contributed by atoms with E-state index in [1.54, 1.807) is 36.3 Å². The van der Waals surface area contributed by atoms with Crippen molar-refractivity contribution in [3.8, 4) is 0 Å². The predicted octanol–water partition coefficient (Wildman–Crippen LogP) is 2.72. The Balaban J connectivity index is 1.23. The van der Waals surface area contributed by atoms with Crippen molar-refractivity contribution in [3.63, 3.8) is 0 Å². The number of aromatic nitrogens is 4. The number of rotatable bonds is 5. The Hall–Kier alpha value is -3.75. The summed E-state index contributed by atoms with van der Waals surface area (Å²) in [5.74, 6) is 0.700. The number of oxazole rings is 1. The summed E-state index contributed by atoms with van der Waals surface area (Å²) in [6, 6.07) is 11.4. The van der Waals surface area contributed by atoms with Crippen molar-refractivity contribution in [2.24, 2.45) is 5.92 Å². The molecule has 3 aromatic heterocycles. The van der Waals surface area contributed by atoms with Crippen LogP contribution in [0.3, 0.4) is 0 Å². The average Bonchev–Trinajstić information content (AvgIpc) is 3.24. The largest absolute Gasteiger partial charge is 0.422 e. The van der Waals surface area contributed by atoms with Crippen LogP contribution in [0.1, 0.15) is 25.1 Å². The topological polar surface area (TPSA) is 108 Å². The van der Waals surface area contributed by atoms with Crippen LogP contribution >= 0.6 is 0 Å². The van der Waals surface area contributed by atoms with E-state index in [9.17, 15) is 9.59 Å². The Morgan fingerprint density at radius 3 is 3.00 bits per heavy atom. The molecule has 4 heterocycles. The average molecular weight is 432 g/mol. The highest BCUT2D eigenvalue weighted by Gasteiger charge is 2.26. The Bertz CT molecular complexity index is 1300. The summed E-state index contributed by atoms with van der Waals surface area (Å²) in [5, 5.41) is 0.543. The minimum atomic E-state index is -0.192. The van der Waals surface area contributed by atoms with Gasteiger partial charge in [0.1, 0.15) is 5.82 Å². The summed E-state index contributed by atoms with van der Waals surface area (Å²) in [6.45, 7) is 1.80. The van der Waals surface area contributed by atoms with Gasteiger partial charge in [0, 0.05) is 32.8 Å². The van der Waals surface area contributed by atoms with Gasteiger partial charge < -0.3 is 19.2 Å². The van der Waals surface area contributed by atoms with Crippen molar-refractivity contribution in [2.75, 3.05) is 25.0 Å². The zero-order valence-corrected chi connectivity index (χ0v) is 17.8. The molecule has 1 fully saturated rings. The highest BCUT2D eigenvalue weighted by Crippen LogP contribution is 2.27. The molecule has 0 radical (unpaired) electrons. The van der Waals surface area contributed by atoms with E-state index in [4.69, 9.17) is 4.42 Å². The van der Waals surface area contributed by atoms with Crippen molar-refractivity contribution in [1.29, 1.82) is 0 Å². The van der Waals surface area contributed by atoms with E-state index >= 15 is 0 Å². The number of amides is 1. The third kappa shape index (κ3) is 4.05. The first-order chi connectivity index (χ1) is 15.6. The lowest BCUT2D eigenvalue weighted by Crippen LogP contribution is -2.38. The molecule has 0 saturated carbocycles. The van der Waals surface area contributed by atoms with E-state index in [2.05, 4.69) is 24.8 Å². The van der Waals surface area contributed by atoms with Gasteiger partial charge in [0.15, 0.2) is 5.58 Å². The molecular formula is C23H24N6O3. The van der Waals surface area contributed by atoms with Crippen LogP contribution in [0, 0.1) is 5.92 Å². The number of pyridine rings is 1. The molecule has 0 aliphatic carbocycles. The molecule has 1 aromatic carbocycles. The number of benzene rings is 1. The highest BCUT2D eigenvalue weighted by molar-refractivity contribution is 5.78. The van der Waals surface area contributed by atoms with E-state index in [1.165, 1.54) is 0 Å². The quantitative estimate of drug-likeness (QED) is 0.516. The Morgan fingerprint density at radius 1 is 1.25 bits per heavy atom. The smallest absolute Gasteiger partial charge is 0.299 e. The van der Waals surface area contributed by atoms with Crippen LogP contribution in [0.5, 0.6) is 0 Å². The van der Waals surface area contributed by atoms with E-state index < -0.39 is 0 Å². The number of nitrogens with one attached hydrogen (secondary N) is 1. The zero-order chi connectivity index (χ0) is 22.1. The van der Waals surface area contributed by atoms with Gasteiger partial charge in [-0.2, -0.15) is 4.98 Å². The van der Waals surface area contributed by atoms with Crippen LogP contribution < -0.4 is 10.5 Å². The van der Waals surface area contributed by atoms with Crippen LogP contribution in [0.4, 0.5) is 6.01 Å². The summed E-state index contributed by atoms with van der Waals surface area (Å²) in [5.41, 5.74) is 1.69. The van der Waals surface area contributed by atoms with Gasteiger partial charge in [0.2, 0.25) is 11.6 Å². The lowest BCUT2D eigenvalue weighted by atomic mass is 9.94. The second-order valence-electron chi connectivity index (χ2n) is 8.26. The Morgan fingerprint density at radius 2 is 2.12 bits per heavy atom. The van der Waals surface area contributed by atoms with Gasteiger partial charge in [-0.15, -0.1) is 0 Å². The van der Waals surface area contributed by atoms with Gasteiger partial charge >= 0.3 is 0 Å². The number of aromatic amines is 1. The SMILES string of the molecule is CN(Cc1nc2ccccc2c(=O)[nH]1)C(=O)CC1CCCN(c2nc3ncccc3o2)C1. The molecule has 1 atom stereocenters. The van der Waals surface area contributed by atoms with E-state index in [0.29, 0.717) is 46.9 Å². The molecule has 0 spiro atoms. The van der Waals surface area contributed by atoms with Crippen LogP contribution in [0.25, 0.3) is 22.1 Å². The number of hydrogen-bond donors (Lipinski definition) is 1. The van der Waals surface area contributed by atoms with Crippen molar-refractivity contribution in [3.05, 3.63) is 58.8 Å². The van der Waals surface area contributed by atoms with Crippen LogP contribution in [-0.2, 0) is 11.3 Å². The standard InChI is InChI=1S/C23H24N6O3/c1-28(14-19-25-17-8-3-2-7-16(17)22(31)26-19)20(30)12-15-6-5-11-29(13-15)23-27-21-18(32-23)9-4-10-24-21/h2-4,7-10,15H,5-6,11-14H2,1H3,(H,25,26,31). The van der Waals surface area contributed by atoms with Gasteiger partial charge in [0.05, 0.1) is 17.4 Å². The van der Waals surface area contributed by atoms with E-state index in [1.807, 2.05) is 18.2 Å². The summed E-state index contributed by atoms with van der Waals surface area (Å²) < 4.78 is 5.85. The third-order valence-electron chi connectivity index (χ3n) is 5.88. The monoisotopic (exact) mass is 432 g/mol. The first-order valence-corrected chi connectivity index (χ1v) is 10.8. The van der Waals surface area contributed by atoms with Gasteiger partial charge in [0.25, 0.3) is 11.6 Å². The van der Waals surface area contributed by atoms with Crippen LogP contribution in [0.15, 0.2) is 51.8 Å². The maximum absolute atomic E-state index is 12.9. The number of H-pyrrole nitrogens is 1. The zero-order valence-electron chi connectivity index (χ0n) is 17.8. The number of fused-ring (bicyclic) bond motifs is 2. The molecule has 32 heavy (non-hydrogen) atoms. The molecule has 5 rings (SSSR count).